The summed E-state index contributed by atoms with van der Waals surface area (Å²) in [5, 5.41) is 2.82. The average molecular weight is 278 g/mol. The van der Waals surface area contributed by atoms with Crippen molar-refractivity contribution in [2.45, 2.75) is 58.4 Å². The summed E-state index contributed by atoms with van der Waals surface area (Å²) in [5.74, 6) is 0.479. The molecule has 1 N–H and O–H groups in total. The highest BCUT2D eigenvalue weighted by Crippen LogP contribution is 2.21. The maximum absolute atomic E-state index is 12.4. The number of nitrogens with zero attached hydrogens (tertiary/aromatic N) is 1. The van der Waals surface area contributed by atoms with E-state index in [0.29, 0.717) is 12.5 Å². The molecule has 0 spiro atoms. The van der Waals surface area contributed by atoms with Gasteiger partial charge in [-0.3, -0.25) is 9.59 Å². The van der Waals surface area contributed by atoms with Crippen LogP contribution >= 0.6 is 0 Å². The van der Waals surface area contributed by atoms with E-state index in [0.717, 1.165) is 19.3 Å². The fraction of sp³-hybridized carbons (Fsp3) is 0.750. The second-order valence-electron chi connectivity index (χ2n) is 6.37. The average Bonchev–Trinajstić information content (AvgIpc) is 2.41. The third-order valence-electron chi connectivity index (χ3n) is 4.07. The fourth-order valence-electron chi connectivity index (χ4n) is 3.00. The molecule has 0 aromatic carbocycles. The van der Waals surface area contributed by atoms with Gasteiger partial charge < -0.3 is 10.2 Å². The summed E-state index contributed by atoms with van der Waals surface area (Å²) in [6, 6.07) is -0.323. The maximum Gasteiger partial charge on any atom is 0.245 e. The highest BCUT2D eigenvalue weighted by atomic mass is 16.2. The zero-order valence-corrected chi connectivity index (χ0v) is 12.7. The normalized spacial score (nSPS) is 23.9. The number of amides is 2. The first-order valence-electron chi connectivity index (χ1n) is 7.82. The van der Waals surface area contributed by atoms with Gasteiger partial charge in [0, 0.05) is 6.54 Å². The maximum atomic E-state index is 12.4. The summed E-state index contributed by atoms with van der Waals surface area (Å²) in [5.41, 5.74) is 1.45. The summed E-state index contributed by atoms with van der Waals surface area (Å²) in [7, 11) is 0. The molecular weight excluding hydrogens is 252 g/mol. The molecule has 1 heterocycles. The van der Waals surface area contributed by atoms with Crippen molar-refractivity contribution in [2.75, 3.05) is 13.1 Å². The van der Waals surface area contributed by atoms with Gasteiger partial charge in [-0.25, -0.2) is 0 Å². The number of carbonyl (C=O) groups excluding carboxylic acids is 2. The molecule has 0 aromatic heterocycles. The Labute approximate surface area is 121 Å². The van der Waals surface area contributed by atoms with Crippen LogP contribution in [0.15, 0.2) is 11.6 Å². The minimum absolute atomic E-state index is 0.0205. The topological polar surface area (TPSA) is 49.4 Å². The Kier molecular flexibility index (Phi) is 5.21. The largest absolute Gasteiger partial charge is 0.343 e. The number of nitrogens with one attached hydrogen (secondary N) is 1. The van der Waals surface area contributed by atoms with Crippen molar-refractivity contribution in [3.05, 3.63) is 11.6 Å². The lowest BCUT2D eigenvalue weighted by molar-refractivity contribution is -0.144. The van der Waals surface area contributed by atoms with E-state index < -0.39 is 0 Å². The van der Waals surface area contributed by atoms with Crippen molar-refractivity contribution >= 4 is 11.8 Å². The highest BCUT2D eigenvalue weighted by Gasteiger charge is 2.32. The summed E-state index contributed by atoms with van der Waals surface area (Å²) >= 11 is 0. The van der Waals surface area contributed by atoms with E-state index in [1.165, 1.54) is 24.8 Å². The first-order valence-corrected chi connectivity index (χ1v) is 7.82. The lowest BCUT2D eigenvalue weighted by atomic mass is 9.96. The molecule has 0 saturated carbocycles. The van der Waals surface area contributed by atoms with E-state index >= 15 is 0 Å². The second-order valence-corrected chi connectivity index (χ2v) is 6.37. The van der Waals surface area contributed by atoms with Gasteiger partial charge in [0.1, 0.15) is 6.04 Å². The fourth-order valence-corrected chi connectivity index (χ4v) is 3.00. The molecule has 2 aliphatic rings. The second kappa shape index (κ2) is 6.91. The molecule has 0 radical (unpaired) electrons. The van der Waals surface area contributed by atoms with Crippen LogP contribution < -0.4 is 5.32 Å². The quantitative estimate of drug-likeness (QED) is 0.784. The summed E-state index contributed by atoms with van der Waals surface area (Å²) < 4.78 is 0. The molecule has 1 fully saturated rings. The monoisotopic (exact) mass is 278 g/mol. The van der Waals surface area contributed by atoms with E-state index in [2.05, 4.69) is 25.2 Å². The van der Waals surface area contributed by atoms with Crippen LogP contribution in [0.25, 0.3) is 0 Å². The van der Waals surface area contributed by atoms with Crippen LogP contribution in [-0.4, -0.2) is 35.8 Å². The molecule has 1 unspecified atom stereocenters. The third kappa shape index (κ3) is 4.09. The van der Waals surface area contributed by atoms with E-state index in [4.69, 9.17) is 0 Å². The van der Waals surface area contributed by atoms with Crippen molar-refractivity contribution < 1.29 is 9.59 Å². The lowest BCUT2D eigenvalue weighted by Crippen LogP contribution is -2.58. The number of rotatable bonds is 5. The van der Waals surface area contributed by atoms with Gasteiger partial charge in [-0.05, 0) is 44.4 Å². The van der Waals surface area contributed by atoms with Crippen molar-refractivity contribution in [3.63, 3.8) is 0 Å². The molecule has 2 amide bonds. The van der Waals surface area contributed by atoms with Crippen LogP contribution in [0.4, 0.5) is 0 Å². The molecule has 4 heteroatoms. The Balaban J connectivity index is 1.90. The minimum Gasteiger partial charge on any atom is -0.343 e. The first-order chi connectivity index (χ1) is 9.56. The lowest BCUT2D eigenvalue weighted by Gasteiger charge is -2.33. The minimum atomic E-state index is -0.323. The van der Waals surface area contributed by atoms with Gasteiger partial charge in [-0.15, -0.1) is 0 Å². The van der Waals surface area contributed by atoms with E-state index in [1.807, 2.05) is 0 Å². The third-order valence-corrected chi connectivity index (χ3v) is 4.07. The van der Waals surface area contributed by atoms with Crippen LogP contribution in [0.2, 0.25) is 0 Å². The van der Waals surface area contributed by atoms with E-state index in [9.17, 15) is 9.59 Å². The zero-order chi connectivity index (χ0) is 14.5. The van der Waals surface area contributed by atoms with Gasteiger partial charge in [-0.1, -0.05) is 25.5 Å². The Morgan fingerprint density at radius 1 is 1.35 bits per heavy atom. The molecule has 4 nitrogen and oxygen atoms in total. The predicted molar refractivity (Wildman–Crippen MR) is 79.1 cm³/mol. The molecule has 2 rings (SSSR count). The number of hydrogen-bond acceptors (Lipinski definition) is 2. The molecule has 20 heavy (non-hydrogen) atoms. The Bertz CT molecular complexity index is 401. The molecule has 1 aliphatic heterocycles. The summed E-state index contributed by atoms with van der Waals surface area (Å²) in [6.45, 7) is 5.06. The number of allylic oxidation sites excluding steroid dienone is 1. The highest BCUT2D eigenvalue weighted by molar-refractivity contribution is 5.94. The summed E-state index contributed by atoms with van der Waals surface area (Å²) in [4.78, 5) is 25.9. The molecule has 1 saturated heterocycles. The first kappa shape index (κ1) is 15.1. The van der Waals surface area contributed by atoms with Crippen LogP contribution in [-0.2, 0) is 9.59 Å². The van der Waals surface area contributed by atoms with Gasteiger partial charge in [0.2, 0.25) is 11.8 Å². The van der Waals surface area contributed by atoms with Crippen molar-refractivity contribution in [3.8, 4) is 0 Å². The van der Waals surface area contributed by atoms with Gasteiger partial charge in [0.15, 0.2) is 0 Å². The molecule has 1 aliphatic carbocycles. The van der Waals surface area contributed by atoms with Crippen LogP contribution in [0.3, 0.4) is 0 Å². The predicted octanol–water partition coefficient (Wildman–Crippen LogP) is 2.25. The Morgan fingerprint density at radius 2 is 2.15 bits per heavy atom. The Hall–Kier alpha value is -1.32. The van der Waals surface area contributed by atoms with Gasteiger partial charge in [0.25, 0.3) is 0 Å². The van der Waals surface area contributed by atoms with E-state index in [-0.39, 0.29) is 24.4 Å². The number of hydrogen-bond donors (Lipinski definition) is 1. The van der Waals surface area contributed by atoms with Crippen LogP contribution in [0.5, 0.6) is 0 Å². The molecule has 1 atom stereocenters. The van der Waals surface area contributed by atoms with Gasteiger partial charge >= 0.3 is 0 Å². The number of carbonyl (C=O) groups is 2. The standard InChI is InChI=1S/C16H26N2O2/c1-12(2)10-14-16(20)18(11-15(19)17-14)9-8-13-6-4-3-5-7-13/h6,12,14H,3-5,7-11H2,1-2H3,(H,17,19). The SMILES string of the molecule is CC(C)CC1NC(=O)CN(CCC2=CCCCC2)C1=O. The number of piperazine rings is 1. The van der Waals surface area contributed by atoms with Crippen molar-refractivity contribution in [1.29, 1.82) is 0 Å². The van der Waals surface area contributed by atoms with Crippen molar-refractivity contribution in [2.24, 2.45) is 5.92 Å². The molecule has 0 aromatic rings. The van der Waals surface area contributed by atoms with Gasteiger partial charge in [0.05, 0.1) is 6.54 Å². The van der Waals surface area contributed by atoms with Crippen molar-refractivity contribution in [1.82, 2.24) is 10.2 Å². The smallest absolute Gasteiger partial charge is 0.245 e. The van der Waals surface area contributed by atoms with Gasteiger partial charge in [-0.2, -0.15) is 0 Å². The molecule has 0 bridgehead atoms. The molecular formula is C16H26N2O2. The zero-order valence-electron chi connectivity index (χ0n) is 12.7. The Morgan fingerprint density at radius 3 is 2.80 bits per heavy atom. The molecule has 112 valence electrons. The van der Waals surface area contributed by atoms with Crippen LogP contribution in [0.1, 0.15) is 52.4 Å². The van der Waals surface area contributed by atoms with E-state index in [1.54, 1.807) is 4.90 Å². The summed E-state index contributed by atoms with van der Waals surface area (Å²) in [6.07, 6.45) is 8.82. The van der Waals surface area contributed by atoms with Crippen LogP contribution in [0, 0.1) is 5.92 Å².